The van der Waals surface area contributed by atoms with E-state index < -0.39 is 5.41 Å². The summed E-state index contributed by atoms with van der Waals surface area (Å²) in [6, 6.07) is 66.2. The molecule has 0 fully saturated rings. The van der Waals surface area contributed by atoms with E-state index in [0.717, 1.165) is 46.9 Å². The van der Waals surface area contributed by atoms with E-state index in [-0.39, 0.29) is 10.8 Å². The molecule has 0 bridgehead atoms. The molecule has 8 aromatic rings. The van der Waals surface area contributed by atoms with E-state index in [2.05, 4.69) is 260 Å². The van der Waals surface area contributed by atoms with Crippen LogP contribution in [0.4, 0.5) is 17.1 Å². The van der Waals surface area contributed by atoms with Crippen molar-refractivity contribution in [1.82, 2.24) is 4.98 Å². The number of anilines is 3. The van der Waals surface area contributed by atoms with Gasteiger partial charge in [0.1, 0.15) is 0 Å². The molecule has 1 aliphatic heterocycles. The minimum absolute atomic E-state index is 0.145. The molecule has 12 rings (SSSR count). The van der Waals surface area contributed by atoms with Crippen molar-refractivity contribution >= 4 is 40.0 Å². The van der Waals surface area contributed by atoms with Crippen LogP contribution in [0.3, 0.4) is 0 Å². The number of rotatable bonds is 8. The van der Waals surface area contributed by atoms with Crippen molar-refractivity contribution in [3.63, 3.8) is 0 Å². The van der Waals surface area contributed by atoms with E-state index in [0.29, 0.717) is 5.92 Å². The van der Waals surface area contributed by atoms with E-state index in [1.165, 1.54) is 82.1 Å². The Bertz CT molecular complexity index is 3500. The van der Waals surface area contributed by atoms with Crippen LogP contribution in [-0.2, 0) is 16.2 Å². The lowest BCUT2D eigenvalue weighted by molar-refractivity contribution is 0.657. The second-order valence-electron chi connectivity index (χ2n) is 20.9. The SMILES string of the molecule is C/C=C1\C(=C/CC)C(C)(C)c2cc(N(c3ccc(C4(c5cc(C6=CCC(C)C=C6)cc(-c6ccccc6)n5)c5ccccc5Sc5ccccc54)cc3)c3ccc4c(c3)C(C)(C)c3ccccc3-4)ccc21.CC. The smallest absolute Gasteiger partial charge is 0.0896 e. The zero-order valence-electron chi connectivity index (χ0n) is 43.9. The Morgan fingerprint density at radius 2 is 1.16 bits per heavy atom. The average Bonchev–Trinajstić information content (AvgIpc) is 3.79. The van der Waals surface area contributed by atoms with Crippen molar-refractivity contribution in [2.75, 3.05) is 4.90 Å². The number of hydrogen-bond acceptors (Lipinski definition) is 3. The second-order valence-corrected chi connectivity index (χ2v) is 22.0. The molecular formula is C70H66N2S. The highest BCUT2D eigenvalue weighted by Crippen LogP contribution is 2.57. The predicted octanol–water partition coefficient (Wildman–Crippen LogP) is 19.4. The standard InChI is InChI=1S/C68H60N2S.C2H6/c1-8-19-56-52(9-2)54-38-36-50(42-60(54)66(56,4)5)70(51-37-39-55-53-22-13-14-23-57(53)67(6,7)61(55)43-51)49-34-32-48(33-35-49)68(58-24-15-17-26-63(58)71-64-27-18-16-25-59(64)68)65-41-47(45-30-28-44(3)29-31-45)40-62(69-65)46-20-11-10-12-21-46;1-2/h9-28,30-44H,8,29H2,1-7H3;1-2H3/b52-9-,56-19+;. The molecular weight excluding hydrogens is 901 g/mol. The largest absolute Gasteiger partial charge is 0.310 e. The fourth-order valence-corrected chi connectivity index (χ4v) is 13.6. The van der Waals surface area contributed by atoms with E-state index in [1.807, 2.05) is 25.6 Å². The zero-order valence-corrected chi connectivity index (χ0v) is 44.7. The molecule has 0 spiro atoms. The molecule has 73 heavy (non-hydrogen) atoms. The Labute approximate surface area is 439 Å². The molecule has 2 nitrogen and oxygen atoms in total. The van der Waals surface area contributed by atoms with Gasteiger partial charge in [0.05, 0.1) is 16.8 Å². The summed E-state index contributed by atoms with van der Waals surface area (Å²) < 4.78 is 0. The van der Waals surface area contributed by atoms with Crippen LogP contribution in [0.1, 0.15) is 125 Å². The number of allylic oxidation sites excluding steroid dienone is 8. The van der Waals surface area contributed by atoms with Gasteiger partial charge in [0.2, 0.25) is 0 Å². The molecule has 7 aromatic carbocycles. The van der Waals surface area contributed by atoms with Gasteiger partial charge in [-0.15, -0.1) is 0 Å². The number of nitrogens with zero attached hydrogens (tertiary/aromatic N) is 2. The van der Waals surface area contributed by atoms with Crippen LogP contribution in [0.15, 0.2) is 222 Å². The van der Waals surface area contributed by atoms with E-state index in [4.69, 9.17) is 4.98 Å². The van der Waals surface area contributed by atoms with Crippen LogP contribution in [0.5, 0.6) is 0 Å². The highest BCUT2D eigenvalue weighted by Gasteiger charge is 2.46. The third kappa shape index (κ3) is 7.82. The lowest BCUT2D eigenvalue weighted by Gasteiger charge is -2.41. The number of hydrogen-bond donors (Lipinski definition) is 0. The Hall–Kier alpha value is -7.20. The van der Waals surface area contributed by atoms with E-state index in [1.54, 1.807) is 0 Å². The van der Waals surface area contributed by atoms with Gasteiger partial charge in [-0.2, -0.15) is 0 Å². The molecule has 0 N–H and O–H groups in total. The first-order valence-electron chi connectivity index (χ1n) is 26.5. The maximum Gasteiger partial charge on any atom is 0.0896 e. The summed E-state index contributed by atoms with van der Waals surface area (Å²) in [7, 11) is 0. The molecule has 3 heteroatoms. The summed E-state index contributed by atoms with van der Waals surface area (Å²) in [4.78, 5) is 10.8. The summed E-state index contributed by atoms with van der Waals surface area (Å²) in [6.07, 6.45) is 13.8. The summed E-state index contributed by atoms with van der Waals surface area (Å²) >= 11 is 1.86. The number of aromatic nitrogens is 1. The van der Waals surface area contributed by atoms with Crippen molar-refractivity contribution < 1.29 is 0 Å². The van der Waals surface area contributed by atoms with Gasteiger partial charge >= 0.3 is 0 Å². The monoisotopic (exact) mass is 966 g/mol. The van der Waals surface area contributed by atoms with Gasteiger partial charge in [0.15, 0.2) is 0 Å². The first-order valence-corrected chi connectivity index (χ1v) is 27.3. The van der Waals surface area contributed by atoms with Gasteiger partial charge in [-0.3, -0.25) is 4.98 Å². The molecule has 3 aliphatic carbocycles. The van der Waals surface area contributed by atoms with E-state index >= 15 is 0 Å². The fraction of sp³-hybridized carbons (Fsp3) is 0.214. The van der Waals surface area contributed by atoms with E-state index in [9.17, 15) is 0 Å². The van der Waals surface area contributed by atoms with Crippen molar-refractivity contribution in [1.29, 1.82) is 0 Å². The molecule has 0 saturated heterocycles. The Balaban J connectivity index is 0.00000284. The van der Waals surface area contributed by atoms with Crippen LogP contribution >= 0.6 is 11.8 Å². The molecule has 1 unspecified atom stereocenters. The van der Waals surface area contributed by atoms with Crippen molar-refractivity contribution in [2.24, 2.45) is 5.92 Å². The summed E-state index contributed by atoms with van der Waals surface area (Å²) in [5, 5.41) is 0. The molecule has 0 saturated carbocycles. The molecule has 362 valence electrons. The molecule has 0 amide bonds. The summed E-state index contributed by atoms with van der Waals surface area (Å²) in [5.74, 6) is 0.510. The highest BCUT2D eigenvalue weighted by molar-refractivity contribution is 7.99. The molecule has 1 atom stereocenters. The topological polar surface area (TPSA) is 16.1 Å². The normalized spacial score (nSPS) is 18.2. The van der Waals surface area contributed by atoms with Gasteiger partial charge < -0.3 is 4.90 Å². The zero-order chi connectivity index (χ0) is 50.6. The first kappa shape index (κ1) is 48.1. The van der Waals surface area contributed by atoms with Crippen molar-refractivity contribution in [3.05, 3.63) is 262 Å². The van der Waals surface area contributed by atoms with Crippen molar-refractivity contribution in [3.8, 4) is 22.4 Å². The lowest BCUT2D eigenvalue weighted by Crippen LogP contribution is -2.35. The lowest BCUT2D eigenvalue weighted by atomic mass is 9.66. The van der Waals surface area contributed by atoms with Crippen LogP contribution in [-0.4, -0.2) is 4.98 Å². The summed E-state index contributed by atoms with van der Waals surface area (Å²) in [6.45, 7) is 20.3. The maximum absolute atomic E-state index is 5.80. The minimum Gasteiger partial charge on any atom is -0.310 e. The van der Waals surface area contributed by atoms with Gasteiger partial charge in [-0.05, 0) is 159 Å². The predicted molar refractivity (Wildman–Crippen MR) is 312 cm³/mol. The highest BCUT2D eigenvalue weighted by atomic mass is 32.2. The molecule has 1 aromatic heterocycles. The third-order valence-electron chi connectivity index (χ3n) is 16.0. The van der Waals surface area contributed by atoms with Crippen LogP contribution in [0.2, 0.25) is 0 Å². The van der Waals surface area contributed by atoms with Gasteiger partial charge in [-0.1, -0.05) is 213 Å². The van der Waals surface area contributed by atoms with Crippen LogP contribution < -0.4 is 4.90 Å². The molecule has 0 radical (unpaired) electrons. The van der Waals surface area contributed by atoms with Crippen molar-refractivity contribution in [2.45, 2.75) is 101 Å². The number of fused-ring (bicyclic) bond motifs is 6. The molecule has 2 heterocycles. The third-order valence-corrected chi connectivity index (χ3v) is 17.1. The van der Waals surface area contributed by atoms with Gasteiger partial charge in [-0.25, -0.2) is 0 Å². The number of pyridine rings is 1. The fourth-order valence-electron chi connectivity index (χ4n) is 12.4. The second kappa shape index (κ2) is 19.0. The molecule has 4 aliphatic rings. The van der Waals surface area contributed by atoms with Gasteiger partial charge in [0.25, 0.3) is 0 Å². The summed E-state index contributed by atoms with van der Waals surface area (Å²) in [5.41, 5.74) is 22.4. The Morgan fingerprint density at radius 3 is 1.79 bits per heavy atom. The van der Waals surface area contributed by atoms with Crippen LogP contribution in [0.25, 0.3) is 33.5 Å². The number of benzene rings is 7. The quantitative estimate of drug-likeness (QED) is 0.151. The first-order chi connectivity index (χ1) is 35.5. The van der Waals surface area contributed by atoms with Gasteiger partial charge in [0, 0.05) is 43.2 Å². The maximum atomic E-state index is 5.80. The van der Waals surface area contributed by atoms with Crippen LogP contribution in [0, 0.1) is 5.92 Å². The Morgan fingerprint density at radius 1 is 0.589 bits per heavy atom. The average molecular weight is 967 g/mol. The Kier molecular flexibility index (Phi) is 12.5. The minimum atomic E-state index is -0.737.